The van der Waals surface area contributed by atoms with E-state index in [9.17, 15) is 4.79 Å². The van der Waals surface area contributed by atoms with Crippen LogP contribution in [0.1, 0.15) is 11.1 Å². The van der Waals surface area contributed by atoms with E-state index < -0.39 is 0 Å². The van der Waals surface area contributed by atoms with Gasteiger partial charge in [0, 0.05) is 5.69 Å². The van der Waals surface area contributed by atoms with Gasteiger partial charge >= 0.3 is 0 Å². The smallest absolute Gasteiger partial charge is 0.265 e. The van der Waals surface area contributed by atoms with E-state index in [4.69, 9.17) is 4.84 Å². The molecule has 3 aromatic carbocycles. The van der Waals surface area contributed by atoms with E-state index in [-0.39, 0.29) is 12.5 Å². The molecule has 0 saturated heterocycles. The molecule has 0 spiro atoms. The molecule has 3 rings (SSSR count). The van der Waals surface area contributed by atoms with Crippen LogP contribution < -0.4 is 5.32 Å². The minimum absolute atomic E-state index is 0.169. The number of azo groups is 1. The van der Waals surface area contributed by atoms with E-state index in [1.54, 1.807) is 30.5 Å². The number of benzene rings is 3. The minimum Gasteiger partial charge on any atom is -0.386 e. The van der Waals surface area contributed by atoms with Gasteiger partial charge in [0.1, 0.15) is 0 Å². The molecule has 0 aliphatic heterocycles. The number of aryl methyl sites for hydroxylation is 1. The Kier molecular flexibility index (Phi) is 6.62. The molecule has 3 aromatic rings. The zero-order valence-electron chi connectivity index (χ0n) is 15.4. The number of nitrogens with zero attached hydrogens (tertiary/aromatic N) is 3. The van der Waals surface area contributed by atoms with Crippen LogP contribution in [0.15, 0.2) is 94.2 Å². The SMILES string of the molecule is Cc1ccccc1/C=N\OCC(=O)Nc1ccc(N=Nc2ccccc2)cc1. The van der Waals surface area contributed by atoms with Gasteiger partial charge in [0.05, 0.1) is 17.6 Å². The molecule has 0 bridgehead atoms. The molecule has 1 N–H and O–H groups in total. The highest BCUT2D eigenvalue weighted by Crippen LogP contribution is 2.20. The molecule has 1 amide bonds. The van der Waals surface area contributed by atoms with Gasteiger partial charge in [-0.25, -0.2) is 0 Å². The lowest BCUT2D eigenvalue weighted by atomic mass is 10.1. The number of amides is 1. The second-order valence-corrected chi connectivity index (χ2v) is 6.00. The molecule has 6 nitrogen and oxygen atoms in total. The largest absolute Gasteiger partial charge is 0.386 e. The van der Waals surface area contributed by atoms with Gasteiger partial charge in [-0.3, -0.25) is 4.79 Å². The van der Waals surface area contributed by atoms with Crippen molar-refractivity contribution in [2.75, 3.05) is 11.9 Å². The van der Waals surface area contributed by atoms with Gasteiger partial charge in [-0.2, -0.15) is 10.2 Å². The fourth-order valence-corrected chi connectivity index (χ4v) is 2.34. The number of carbonyl (C=O) groups is 1. The molecule has 0 aliphatic carbocycles. The van der Waals surface area contributed by atoms with E-state index in [1.165, 1.54) is 0 Å². The minimum atomic E-state index is -0.291. The molecule has 140 valence electrons. The number of hydrogen-bond acceptors (Lipinski definition) is 5. The van der Waals surface area contributed by atoms with E-state index >= 15 is 0 Å². The molecule has 0 atom stereocenters. The molecule has 0 aromatic heterocycles. The maximum atomic E-state index is 11.9. The number of nitrogens with one attached hydrogen (secondary N) is 1. The van der Waals surface area contributed by atoms with Crippen molar-refractivity contribution in [3.8, 4) is 0 Å². The molecule has 0 unspecified atom stereocenters. The van der Waals surface area contributed by atoms with E-state index in [2.05, 4.69) is 20.7 Å². The third-order valence-electron chi connectivity index (χ3n) is 3.84. The summed E-state index contributed by atoms with van der Waals surface area (Å²) in [5.41, 5.74) is 4.16. The molecule has 6 heteroatoms. The third-order valence-corrected chi connectivity index (χ3v) is 3.84. The maximum absolute atomic E-state index is 11.9. The van der Waals surface area contributed by atoms with Gasteiger partial charge in [0.15, 0.2) is 6.61 Å². The van der Waals surface area contributed by atoms with Crippen LogP contribution in [0.25, 0.3) is 0 Å². The van der Waals surface area contributed by atoms with Crippen molar-refractivity contribution in [1.82, 2.24) is 0 Å². The summed E-state index contributed by atoms with van der Waals surface area (Å²) in [4.78, 5) is 17.0. The van der Waals surface area contributed by atoms with E-state index in [1.807, 2.05) is 61.5 Å². The van der Waals surface area contributed by atoms with Crippen LogP contribution >= 0.6 is 0 Å². The van der Waals surface area contributed by atoms with E-state index in [0.717, 1.165) is 16.8 Å². The maximum Gasteiger partial charge on any atom is 0.265 e. The monoisotopic (exact) mass is 372 g/mol. The first-order valence-electron chi connectivity index (χ1n) is 8.78. The summed E-state index contributed by atoms with van der Waals surface area (Å²) in [5, 5.41) is 14.9. The van der Waals surface area contributed by atoms with Crippen molar-refractivity contribution < 1.29 is 9.63 Å². The van der Waals surface area contributed by atoms with Crippen LogP contribution in [0.5, 0.6) is 0 Å². The first-order valence-corrected chi connectivity index (χ1v) is 8.78. The van der Waals surface area contributed by atoms with Crippen molar-refractivity contribution >= 4 is 29.2 Å². The predicted octanol–water partition coefficient (Wildman–Crippen LogP) is 5.40. The van der Waals surface area contributed by atoms with E-state index in [0.29, 0.717) is 11.4 Å². The molecule has 0 saturated carbocycles. The van der Waals surface area contributed by atoms with Crippen molar-refractivity contribution in [3.05, 3.63) is 90.0 Å². The summed E-state index contributed by atoms with van der Waals surface area (Å²) in [6, 6.07) is 24.3. The second-order valence-electron chi connectivity index (χ2n) is 6.00. The topological polar surface area (TPSA) is 75.4 Å². The highest BCUT2D eigenvalue weighted by molar-refractivity contribution is 5.91. The lowest BCUT2D eigenvalue weighted by molar-refractivity contribution is -0.120. The van der Waals surface area contributed by atoms with Gasteiger partial charge in [0.25, 0.3) is 5.91 Å². The number of anilines is 1. The quantitative estimate of drug-likeness (QED) is 0.342. The zero-order valence-corrected chi connectivity index (χ0v) is 15.4. The summed E-state index contributed by atoms with van der Waals surface area (Å²) >= 11 is 0. The van der Waals surface area contributed by atoms with Crippen molar-refractivity contribution in [1.29, 1.82) is 0 Å². The Bertz CT molecular complexity index is 967. The van der Waals surface area contributed by atoms with Crippen LogP contribution in [0.4, 0.5) is 17.1 Å². The first-order chi connectivity index (χ1) is 13.7. The van der Waals surface area contributed by atoms with Crippen molar-refractivity contribution in [2.24, 2.45) is 15.4 Å². The number of rotatable bonds is 7. The van der Waals surface area contributed by atoms with Gasteiger partial charge < -0.3 is 10.2 Å². The first kappa shape index (κ1) is 19.0. The Morgan fingerprint density at radius 3 is 2.25 bits per heavy atom. The predicted molar refractivity (Wildman–Crippen MR) is 110 cm³/mol. The molecular formula is C22H20N4O2. The molecule has 28 heavy (non-hydrogen) atoms. The fraction of sp³-hybridized carbons (Fsp3) is 0.0909. The summed E-state index contributed by atoms with van der Waals surface area (Å²) < 4.78 is 0. The Labute approximate surface area is 163 Å². The highest BCUT2D eigenvalue weighted by Gasteiger charge is 2.03. The molecule has 0 fully saturated rings. The Morgan fingerprint density at radius 2 is 1.54 bits per heavy atom. The van der Waals surface area contributed by atoms with Crippen LogP contribution in [-0.4, -0.2) is 18.7 Å². The van der Waals surface area contributed by atoms with Crippen LogP contribution in [-0.2, 0) is 9.63 Å². The zero-order chi connectivity index (χ0) is 19.6. The summed E-state index contributed by atoms with van der Waals surface area (Å²) in [6.45, 7) is 1.81. The average Bonchev–Trinajstić information content (AvgIpc) is 2.73. The Morgan fingerprint density at radius 1 is 0.893 bits per heavy atom. The standard InChI is InChI=1S/C22H20N4O2/c1-17-7-5-6-8-18(17)15-23-28-16-22(27)24-19-11-13-21(14-12-19)26-25-20-9-3-2-4-10-20/h2-15H,16H2,1H3,(H,24,27)/b23-15-,26-25?. The number of hydrogen-bond donors (Lipinski definition) is 1. The summed E-state index contributed by atoms with van der Waals surface area (Å²) in [7, 11) is 0. The fourth-order valence-electron chi connectivity index (χ4n) is 2.34. The second kappa shape index (κ2) is 9.78. The number of oxime groups is 1. The Hall–Kier alpha value is -3.80. The lowest BCUT2D eigenvalue weighted by Crippen LogP contribution is -2.16. The van der Waals surface area contributed by atoms with Gasteiger partial charge in [-0.1, -0.05) is 47.6 Å². The molecule has 0 radical (unpaired) electrons. The normalized spacial score (nSPS) is 11.0. The van der Waals surface area contributed by atoms with Crippen molar-refractivity contribution in [2.45, 2.75) is 6.92 Å². The van der Waals surface area contributed by atoms with Crippen LogP contribution in [0.2, 0.25) is 0 Å². The summed E-state index contributed by atoms with van der Waals surface area (Å²) in [6.07, 6.45) is 1.59. The van der Waals surface area contributed by atoms with Gasteiger partial charge in [-0.15, -0.1) is 0 Å². The number of carbonyl (C=O) groups excluding carboxylic acids is 1. The Balaban J connectivity index is 1.46. The lowest BCUT2D eigenvalue weighted by Gasteiger charge is -2.04. The third kappa shape index (κ3) is 5.88. The summed E-state index contributed by atoms with van der Waals surface area (Å²) in [5.74, 6) is -0.291. The van der Waals surface area contributed by atoms with Crippen LogP contribution in [0, 0.1) is 6.92 Å². The molecular weight excluding hydrogens is 352 g/mol. The molecule has 0 heterocycles. The highest BCUT2D eigenvalue weighted by atomic mass is 16.6. The average molecular weight is 372 g/mol. The van der Waals surface area contributed by atoms with Crippen molar-refractivity contribution in [3.63, 3.8) is 0 Å². The van der Waals surface area contributed by atoms with Gasteiger partial charge in [-0.05, 0) is 54.4 Å². The van der Waals surface area contributed by atoms with Crippen LogP contribution in [0.3, 0.4) is 0 Å². The van der Waals surface area contributed by atoms with Gasteiger partial charge in [0.2, 0.25) is 0 Å². The molecule has 0 aliphatic rings.